The lowest BCUT2D eigenvalue weighted by molar-refractivity contribution is -0.116. The molecule has 0 saturated carbocycles. The highest BCUT2D eigenvalue weighted by Gasteiger charge is 2.36. The van der Waals surface area contributed by atoms with Gasteiger partial charge in [-0.15, -0.1) is 23.5 Å². The monoisotopic (exact) mass is 708 g/mol. The van der Waals surface area contributed by atoms with Crippen LogP contribution in [-0.4, -0.2) is 23.3 Å². The van der Waals surface area contributed by atoms with Gasteiger partial charge in [0.1, 0.15) is 42.9 Å². The molecule has 236 valence electrons. The number of hydrogen-bond donors (Lipinski definition) is 0. The highest BCUT2D eigenvalue weighted by molar-refractivity contribution is 8.01. The van der Waals surface area contributed by atoms with Gasteiger partial charge < -0.3 is 9.47 Å². The Hall–Kier alpha value is -4.48. The summed E-state index contributed by atoms with van der Waals surface area (Å²) in [7, 11) is 0. The number of amides is 2. The molecule has 5 aromatic carbocycles. The molecular formula is C36H22Cl2N4O4S2. The molecule has 48 heavy (non-hydrogen) atoms. The van der Waals surface area contributed by atoms with E-state index >= 15 is 0 Å². The number of rotatable bonds is 4. The second kappa shape index (κ2) is 11.6. The van der Waals surface area contributed by atoms with Gasteiger partial charge in [-0.2, -0.15) is 0 Å². The van der Waals surface area contributed by atoms with Crippen molar-refractivity contribution in [3.05, 3.63) is 129 Å². The summed E-state index contributed by atoms with van der Waals surface area (Å²) in [6.07, 6.45) is 0. The summed E-state index contributed by atoms with van der Waals surface area (Å²) in [5.74, 6) is 2.17. The van der Waals surface area contributed by atoms with Crippen molar-refractivity contribution < 1.29 is 19.1 Å². The van der Waals surface area contributed by atoms with Gasteiger partial charge in [-0.25, -0.2) is 9.98 Å². The van der Waals surface area contributed by atoms with Crippen molar-refractivity contribution in [1.29, 1.82) is 0 Å². The third-order valence-electron chi connectivity index (χ3n) is 8.48. The Labute approximate surface area is 293 Å². The zero-order valence-electron chi connectivity index (χ0n) is 24.8. The van der Waals surface area contributed by atoms with Gasteiger partial charge in [-0.1, -0.05) is 83.9 Å². The molecule has 2 saturated heterocycles. The summed E-state index contributed by atoms with van der Waals surface area (Å²) in [6.45, 7) is 0. The predicted molar refractivity (Wildman–Crippen MR) is 189 cm³/mol. The summed E-state index contributed by atoms with van der Waals surface area (Å²) in [5, 5.41) is 0.727. The molecule has 0 bridgehead atoms. The van der Waals surface area contributed by atoms with Crippen LogP contribution in [0.4, 0.5) is 22.7 Å². The molecule has 12 heteroatoms. The zero-order chi connectivity index (χ0) is 32.5. The largest absolute Gasteiger partial charge is 0.451 e. The van der Waals surface area contributed by atoms with Crippen molar-refractivity contribution in [3.8, 4) is 23.0 Å². The van der Waals surface area contributed by atoms with Gasteiger partial charge >= 0.3 is 0 Å². The van der Waals surface area contributed by atoms with Crippen LogP contribution in [0, 0.1) is 0 Å². The molecule has 0 radical (unpaired) electrons. The van der Waals surface area contributed by atoms with Crippen LogP contribution in [0.25, 0.3) is 0 Å². The fraction of sp³-hybridized carbons (Fsp3) is 0.111. The lowest BCUT2D eigenvalue weighted by atomic mass is 10.1. The molecule has 8 nitrogen and oxygen atoms in total. The predicted octanol–water partition coefficient (Wildman–Crippen LogP) is 8.66. The molecule has 9 rings (SSSR count). The van der Waals surface area contributed by atoms with Gasteiger partial charge in [0, 0.05) is 23.5 Å². The van der Waals surface area contributed by atoms with Crippen molar-refractivity contribution in [2.24, 2.45) is 9.98 Å². The maximum Gasteiger partial charge on any atom is 0.238 e. The van der Waals surface area contributed by atoms with Crippen LogP contribution in [0.5, 0.6) is 23.0 Å². The molecule has 2 fully saturated rings. The lowest BCUT2D eigenvalue weighted by Crippen LogP contribution is -2.28. The zero-order valence-corrected chi connectivity index (χ0v) is 27.9. The highest BCUT2D eigenvalue weighted by atomic mass is 35.5. The highest BCUT2D eigenvalue weighted by Crippen LogP contribution is 2.48. The topological polar surface area (TPSA) is 83.8 Å². The third-order valence-corrected chi connectivity index (χ3v) is 11.6. The number of halogens is 2. The Balaban J connectivity index is 1.07. The third kappa shape index (κ3) is 4.77. The quantitative estimate of drug-likeness (QED) is 0.182. The minimum absolute atomic E-state index is 0.0123. The van der Waals surface area contributed by atoms with Crippen molar-refractivity contribution in [1.82, 2.24) is 0 Å². The number of benzene rings is 5. The molecule has 4 heterocycles. The van der Waals surface area contributed by atoms with E-state index in [2.05, 4.69) is 0 Å². The minimum atomic E-state index is -0.155. The average molecular weight is 710 g/mol. The molecule has 0 aromatic heterocycles. The standard InChI is InChI=1S/C36H22Cl2N4O4S2/c37-29-32-34(46-26-16-22(12-14-24(26)40-32)42-28(44)18-48-36(42)20-9-5-2-6-10-20)30(38)31-33(29)45-25-15-21(11-13-23(25)39-31)41-27(43)17-47-35(41)19-7-3-1-4-8-19/h1-16,35-36H,17-18H2. The van der Waals surface area contributed by atoms with Gasteiger partial charge in [-0.05, 0) is 35.4 Å². The number of fused-ring (bicyclic) bond motifs is 4. The lowest BCUT2D eigenvalue weighted by Gasteiger charge is -2.26. The number of carbonyl (C=O) groups excluding carboxylic acids is 2. The van der Waals surface area contributed by atoms with Gasteiger partial charge in [0.05, 0.1) is 11.5 Å². The fourth-order valence-corrected chi connectivity index (χ4v) is 9.12. The van der Waals surface area contributed by atoms with E-state index in [1.165, 1.54) is 0 Å². The van der Waals surface area contributed by atoms with Gasteiger partial charge in [0.2, 0.25) is 11.8 Å². The first-order valence-electron chi connectivity index (χ1n) is 15.0. The number of ether oxygens (including phenoxy) is 2. The van der Waals surface area contributed by atoms with Crippen LogP contribution in [-0.2, 0) is 9.59 Å². The summed E-state index contributed by atoms with van der Waals surface area (Å²) >= 11 is 17.0. The van der Waals surface area contributed by atoms with Crippen LogP contribution >= 0.6 is 46.7 Å². The smallest absolute Gasteiger partial charge is 0.238 e. The maximum absolute atomic E-state index is 13.0. The van der Waals surface area contributed by atoms with Crippen LogP contribution < -0.4 is 30.0 Å². The van der Waals surface area contributed by atoms with Gasteiger partial charge in [0.25, 0.3) is 0 Å². The Kier molecular flexibility index (Phi) is 7.16. The number of nitrogens with zero attached hydrogens (tertiary/aromatic N) is 4. The molecule has 0 aliphatic carbocycles. The molecule has 0 N–H and O–H groups in total. The van der Waals surface area contributed by atoms with Crippen molar-refractivity contribution in [2.75, 3.05) is 21.3 Å². The molecule has 2 amide bonds. The second-order valence-electron chi connectivity index (χ2n) is 11.4. The normalized spacial score (nSPS) is 19.0. The van der Waals surface area contributed by atoms with Crippen LogP contribution in [0.15, 0.2) is 107 Å². The SMILES string of the molecule is O=C1CSC(c2ccccc2)N1c1ccc2c(c1)Oc1c(Cl)c3c(c(Cl)c1=N2)Oc1cc(N2C(=O)CSC2c2ccccc2)ccc1N=3. The van der Waals surface area contributed by atoms with Gasteiger partial charge in [-0.3, -0.25) is 19.4 Å². The fourth-order valence-electron chi connectivity index (χ4n) is 6.26. The van der Waals surface area contributed by atoms with E-state index < -0.39 is 0 Å². The Morgan fingerprint density at radius 2 is 1.02 bits per heavy atom. The summed E-state index contributed by atoms with van der Waals surface area (Å²) in [4.78, 5) is 39.2. The van der Waals surface area contributed by atoms with Crippen LogP contribution in [0.2, 0.25) is 10.0 Å². The second-order valence-corrected chi connectivity index (χ2v) is 14.3. The number of thioether (sulfide) groups is 2. The minimum Gasteiger partial charge on any atom is -0.451 e. The van der Waals surface area contributed by atoms with E-state index in [0.717, 1.165) is 11.1 Å². The molecule has 5 aromatic rings. The first kappa shape index (κ1) is 29.6. The summed E-state index contributed by atoms with van der Waals surface area (Å²) < 4.78 is 12.7. The maximum atomic E-state index is 13.0. The van der Waals surface area contributed by atoms with E-state index in [9.17, 15) is 9.59 Å². The molecule has 4 aliphatic heterocycles. The van der Waals surface area contributed by atoms with E-state index in [-0.39, 0.29) is 44.1 Å². The summed E-state index contributed by atoms with van der Waals surface area (Å²) in [5.41, 5.74) is 4.54. The average Bonchev–Trinajstić information content (AvgIpc) is 3.71. The number of hydrogen-bond acceptors (Lipinski definition) is 8. The first-order valence-corrected chi connectivity index (χ1v) is 17.9. The van der Waals surface area contributed by atoms with E-state index in [1.807, 2.05) is 72.8 Å². The van der Waals surface area contributed by atoms with Gasteiger partial charge in [0.15, 0.2) is 23.0 Å². The molecule has 0 spiro atoms. The van der Waals surface area contributed by atoms with E-state index in [0.29, 0.717) is 56.5 Å². The molecular weight excluding hydrogens is 687 g/mol. The Morgan fingerprint density at radius 1 is 0.604 bits per heavy atom. The number of carbonyl (C=O) groups is 2. The molecule has 2 unspecified atom stereocenters. The van der Waals surface area contributed by atoms with E-state index in [1.54, 1.807) is 57.6 Å². The summed E-state index contributed by atoms with van der Waals surface area (Å²) in [6, 6.07) is 30.8. The molecule has 2 atom stereocenters. The Morgan fingerprint density at radius 3 is 1.44 bits per heavy atom. The Bertz CT molecular complexity index is 2150. The van der Waals surface area contributed by atoms with Crippen LogP contribution in [0.1, 0.15) is 21.9 Å². The van der Waals surface area contributed by atoms with E-state index in [4.69, 9.17) is 42.7 Å². The molecule has 4 aliphatic rings. The van der Waals surface area contributed by atoms with Crippen molar-refractivity contribution in [3.63, 3.8) is 0 Å². The first-order chi connectivity index (χ1) is 23.4. The van der Waals surface area contributed by atoms with Crippen molar-refractivity contribution in [2.45, 2.75) is 10.7 Å². The van der Waals surface area contributed by atoms with Crippen LogP contribution in [0.3, 0.4) is 0 Å². The number of anilines is 2. The van der Waals surface area contributed by atoms with Crippen molar-refractivity contribution >= 4 is 81.3 Å².